The lowest BCUT2D eigenvalue weighted by atomic mass is 9.61. The van der Waals surface area contributed by atoms with Crippen molar-refractivity contribution in [3.8, 4) is 91.4 Å². The summed E-state index contributed by atoms with van der Waals surface area (Å²) in [6.07, 6.45) is 0. The van der Waals surface area contributed by atoms with E-state index in [9.17, 15) is 0 Å². The highest BCUT2D eigenvalue weighted by atomic mass is 15.1. The van der Waals surface area contributed by atoms with Crippen molar-refractivity contribution >= 4 is 21.8 Å². The van der Waals surface area contributed by atoms with E-state index < -0.39 is 0 Å². The first kappa shape index (κ1) is 43.3. The van der Waals surface area contributed by atoms with E-state index in [1.807, 2.05) is 133 Å². The quantitative estimate of drug-likeness (QED) is 0.145. The van der Waals surface area contributed by atoms with Crippen LogP contribution in [-0.2, 0) is 0 Å². The topological polar surface area (TPSA) is 129 Å². The molecule has 0 aliphatic heterocycles. The molecule has 10 nitrogen and oxygen atoms in total. The maximum atomic E-state index is 5.20. The molecule has 0 amide bonds. The highest BCUT2D eigenvalue weighted by Gasteiger charge is 2.41. The Bertz CT molecular complexity index is 4140. The first-order valence-corrected chi connectivity index (χ1v) is 25.3. The lowest BCUT2D eigenvalue weighted by molar-refractivity contribution is 0.754. The summed E-state index contributed by atoms with van der Waals surface area (Å²) in [4.78, 5) is 51.4. The molecule has 4 aromatic heterocycles. The zero-order valence-electron chi connectivity index (χ0n) is 40.6. The lowest BCUT2D eigenvalue weighted by Crippen LogP contribution is -2.27. The van der Waals surface area contributed by atoms with Crippen LogP contribution in [0.2, 0.25) is 0 Å². The molecule has 2 bridgehead atoms. The molecule has 2 unspecified atom stereocenters. The summed E-state index contributed by atoms with van der Waals surface area (Å²) in [5.74, 6) is 3.72. The van der Waals surface area contributed by atoms with Gasteiger partial charge in [-0.05, 0) is 57.6 Å². The van der Waals surface area contributed by atoms with Crippen LogP contribution in [0.1, 0.15) is 45.2 Å². The van der Waals surface area contributed by atoms with Crippen molar-refractivity contribution in [3.63, 3.8) is 0 Å². The number of benzene rings is 9. The van der Waals surface area contributed by atoms with E-state index >= 15 is 0 Å². The van der Waals surface area contributed by atoms with E-state index in [2.05, 4.69) is 97.1 Å². The Morgan fingerprint density at radius 2 is 0.500 bits per heavy atom. The van der Waals surface area contributed by atoms with Gasteiger partial charge in [-0.3, -0.25) is 0 Å². The van der Waals surface area contributed by atoms with Gasteiger partial charge < -0.3 is 0 Å². The highest BCUT2D eigenvalue weighted by molar-refractivity contribution is 5.94. The number of hydrogen-bond acceptors (Lipinski definition) is 10. The number of fused-ring (bicyclic) bond motifs is 2. The summed E-state index contributed by atoms with van der Waals surface area (Å²) in [5, 5.41) is 1.91. The van der Waals surface area contributed by atoms with Gasteiger partial charge in [-0.2, -0.15) is 0 Å². The van der Waals surface area contributed by atoms with E-state index in [0.717, 1.165) is 66.6 Å². The second-order valence-corrected chi connectivity index (χ2v) is 19.1. The third-order valence-corrected chi connectivity index (χ3v) is 14.6. The molecule has 0 saturated carbocycles. The Morgan fingerprint density at radius 1 is 0.197 bits per heavy atom. The van der Waals surface area contributed by atoms with Gasteiger partial charge in [-0.15, -0.1) is 0 Å². The lowest BCUT2D eigenvalue weighted by Gasteiger charge is -2.42. The van der Waals surface area contributed by atoms with E-state index in [-0.39, 0.29) is 11.8 Å². The first-order chi connectivity index (χ1) is 37.6. The van der Waals surface area contributed by atoms with Crippen molar-refractivity contribution in [1.82, 2.24) is 49.8 Å². The maximum Gasteiger partial charge on any atom is 0.201 e. The molecule has 9 aromatic carbocycles. The molecular formula is C66H40N10. The summed E-state index contributed by atoms with van der Waals surface area (Å²) >= 11 is 0. The second-order valence-electron chi connectivity index (χ2n) is 19.1. The molecule has 13 aromatic rings. The fourth-order valence-corrected chi connectivity index (χ4v) is 11.1. The number of hydrogen-bond donors (Lipinski definition) is 0. The minimum absolute atomic E-state index is 0.0523. The van der Waals surface area contributed by atoms with Gasteiger partial charge in [0.1, 0.15) is 0 Å². The van der Waals surface area contributed by atoms with Gasteiger partial charge in [0.2, 0.25) is 11.6 Å². The molecule has 4 heterocycles. The van der Waals surface area contributed by atoms with Gasteiger partial charge in [0, 0.05) is 56.0 Å². The van der Waals surface area contributed by atoms with Crippen LogP contribution in [0.15, 0.2) is 231 Å². The Kier molecular flexibility index (Phi) is 10.1. The van der Waals surface area contributed by atoms with Crippen molar-refractivity contribution in [2.75, 3.05) is 0 Å². The monoisotopic (exact) mass is 972 g/mol. The van der Waals surface area contributed by atoms with Crippen molar-refractivity contribution < 1.29 is 0 Å². The van der Waals surface area contributed by atoms with Gasteiger partial charge in [-0.25, -0.2) is 49.8 Å². The van der Waals surface area contributed by atoms with Crippen molar-refractivity contribution in [2.45, 2.75) is 11.8 Å². The average molecular weight is 973 g/mol. The smallest absolute Gasteiger partial charge is 0.201 e. The van der Waals surface area contributed by atoms with Crippen LogP contribution in [-0.4, -0.2) is 49.8 Å². The summed E-state index contributed by atoms with van der Waals surface area (Å²) in [7, 11) is 0. The number of nitrogens with zero attached hydrogens (tertiary/aromatic N) is 10. The number of rotatable bonds is 8. The zero-order valence-corrected chi connectivity index (χ0v) is 40.6. The Labute approximate surface area is 436 Å². The first-order valence-electron chi connectivity index (χ1n) is 25.3. The highest BCUT2D eigenvalue weighted by Crippen LogP contribution is 2.56. The van der Waals surface area contributed by atoms with Crippen LogP contribution >= 0.6 is 0 Å². The molecule has 0 spiro atoms. The third-order valence-electron chi connectivity index (χ3n) is 14.6. The van der Waals surface area contributed by atoms with Crippen LogP contribution in [0, 0.1) is 0 Å². The molecular weight excluding hydrogens is 933 g/mol. The van der Waals surface area contributed by atoms with Gasteiger partial charge in [0.15, 0.2) is 34.9 Å². The van der Waals surface area contributed by atoms with Gasteiger partial charge in [0.25, 0.3) is 0 Å². The average Bonchev–Trinajstić information content (AvgIpc) is 3.65. The predicted molar refractivity (Wildman–Crippen MR) is 298 cm³/mol. The van der Waals surface area contributed by atoms with E-state index in [1.54, 1.807) is 0 Å². The molecule has 76 heavy (non-hydrogen) atoms. The Morgan fingerprint density at radius 3 is 0.908 bits per heavy atom. The fourth-order valence-electron chi connectivity index (χ4n) is 11.1. The molecule has 0 radical (unpaired) electrons. The third kappa shape index (κ3) is 7.34. The maximum absolute atomic E-state index is 5.20. The number of para-hydroxylation sites is 2. The van der Waals surface area contributed by atoms with Crippen LogP contribution in [0.3, 0.4) is 0 Å². The van der Waals surface area contributed by atoms with Gasteiger partial charge in [-0.1, -0.05) is 206 Å². The van der Waals surface area contributed by atoms with Crippen LogP contribution in [0.25, 0.3) is 113 Å². The van der Waals surface area contributed by atoms with Crippen molar-refractivity contribution in [3.05, 3.63) is 264 Å². The largest absolute Gasteiger partial charge is 0.225 e. The molecule has 16 rings (SSSR count). The molecule has 2 atom stereocenters. The number of aromatic nitrogens is 10. The zero-order chi connectivity index (χ0) is 50.1. The Balaban J connectivity index is 0.862. The predicted octanol–water partition coefficient (Wildman–Crippen LogP) is 14.3. The minimum Gasteiger partial charge on any atom is -0.225 e. The molecule has 354 valence electrons. The van der Waals surface area contributed by atoms with Crippen LogP contribution in [0.5, 0.6) is 0 Å². The summed E-state index contributed by atoms with van der Waals surface area (Å²) < 4.78 is 0. The molecule has 10 heteroatoms. The summed E-state index contributed by atoms with van der Waals surface area (Å²) in [6.45, 7) is 0. The fraction of sp³-hybridized carbons (Fsp3) is 0.0303. The molecule has 0 fully saturated rings. The molecule has 0 N–H and O–H groups in total. The normalized spacial score (nSPS) is 14.1. The minimum atomic E-state index is -0.0523. The molecule has 3 aliphatic rings. The summed E-state index contributed by atoms with van der Waals surface area (Å²) in [6, 6.07) is 78.8. The molecule has 3 aliphatic carbocycles. The molecule has 0 saturated heterocycles. The van der Waals surface area contributed by atoms with Crippen LogP contribution < -0.4 is 0 Å². The van der Waals surface area contributed by atoms with Gasteiger partial charge >= 0.3 is 0 Å². The van der Waals surface area contributed by atoms with E-state index in [1.165, 1.54) is 33.4 Å². The SMILES string of the molecule is c1ccc(-c2nc(-c3ccc4c(c3)C3c5ccccc5C4c4cc(-c5nc(-c6ccccc6)nc(-c6nc(-c7ccccc7)c7ccccc7n6)n5)ccc43)nc(-c3nc(-c4ccccc4)c4ccccc4n3)n2)cc1. The van der Waals surface area contributed by atoms with E-state index in [0.29, 0.717) is 46.6 Å². The van der Waals surface area contributed by atoms with Crippen LogP contribution in [0.4, 0.5) is 0 Å². The standard InChI is InChI=1S/C66H40N10/c1-5-19-39(20-6-1)57-49-29-15-17-31-53(49)67-63(69-57)65-73-59(41-23-9-3-10-24-41)71-61(75-65)43-33-35-47-51(37-43)55-45-27-13-14-28-46(45)56(47)52-38-44(34-36-48(52)55)62-72-60(42-25-11-4-12-26-42)74-66(76-62)64-68-54-32-18-16-30-50(54)58(70-64)40-21-7-2-8-22-40/h1-38,55-56H. The van der Waals surface area contributed by atoms with Crippen molar-refractivity contribution in [1.29, 1.82) is 0 Å². The Hall–Kier alpha value is -10.3. The van der Waals surface area contributed by atoms with Crippen molar-refractivity contribution in [2.24, 2.45) is 0 Å². The summed E-state index contributed by atoms with van der Waals surface area (Å²) in [5.41, 5.74) is 16.2. The van der Waals surface area contributed by atoms with Gasteiger partial charge in [0.05, 0.1) is 22.4 Å². The second kappa shape index (κ2) is 17.7. The van der Waals surface area contributed by atoms with E-state index in [4.69, 9.17) is 49.8 Å².